The number of hydrogen-bond acceptors (Lipinski definition) is 6. The highest BCUT2D eigenvalue weighted by Crippen LogP contribution is 2.68. The summed E-state index contributed by atoms with van der Waals surface area (Å²) in [6.07, 6.45) is 14.7. The lowest BCUT2D eigenvalue weighted by Gasteiger charge is -2.62. The number of methoxy groups -OCH3 is 1. The lowest BCUT2D eigenvalue weighted by atomic mass is 9.43. The Hall–Kier alpha value is -0.690. The molecule has 0 aliphatic heterocycles. The van der Waals surface area contributed by atoms with Gasteiger partial charge in [-0.3, -0.25) is 4.79 Å². The van der Waals surface area contributed by atoms with Gasteiger partial charge in [-0.2, -0.15) is 0 Å². The van der Waals surface area contributed by atoms with E-state index in [0.717, 1.165) is 70.1 Å². The molecule has 0 bridgehead atoms. The van der Waals surface area contributed by atoms with Crippen LogP contribution in [0, 0.1) is 46.3 Å². The average Bonchev–Trinajstić information content (AvgIpc) is 3.26. The number of nitrogens with one attached hydrogen (secondary N) is 2. The Balaban J connectivity index is 1.31. The predicted molar refractivity (Wildman–Crippen MR) is 155 cm³/mol. The van der Waals surface area contributed by atoms with Crippen molar-refractivity contribution in [3.05, 3.63) is 0 Å². The van der Waals surface area contributed by atoms with Crippen LogP contribution in [0.5, 0.6) is 0 Å². The summed E-state index contributed by atoms with van der Waals surface area (Å²) in [7, 11) is 1.50. The van der Waals surface area contributed by atoms with Crippen molar-refractivity contribution in [3.8, 4) is 0 Å². The van der Waals surface area contributed by atoms with Crippen molar-refractivity contribution in [2.45, 2.75) is 116 Å². The Morgan fingerprint density at radius 2 is 1.71 bits per heavy atom. The zero-order chi connectivity index (χ0) is 27.3. The maximum atomic E-state index is 11.8. The molecule has 5 N–H and O–H groups in total. The van der Waals surface area contributed by atoms with Crippen LogP contribution in [0.3, 0.4) is 0 Å². The van der Waals surface area contributed by atoms with Crippen LogP contribution in [-0.4, -0.2) is 56.5 Å². The normalized spacial score (nSPS) is 41.2. The molecular formula is C32H59N3O3. The summed E-state index contributed by atoms with van der Waals surface area (Å²) in [5.41, 5.74) is 6.21. The Kier molecular flexibility index (Phi) is 10.6. The number of aliphatic hydroxyl groups is 1. The number of nitrogens with two attached hydrogens (primary N) is 1. The fraction of sp³-hybridized carbons (Fsp3) is 0.969. The molecule has 0 amide bonds. The molecule has 6 heteroatoms. The van der Waals surface area contributed by atoms with Crippen LogP contribution < -0.4 is 16.4 Å². The second-order valence-electron chi connectivity index (χ2n) is 14.1. The summed E-state index contributed by atoms with van der Waals surface area (Å²) in [4.78, 5) is 11.8. The first-order valence-electron chi connectivity index (χ1n) is 16.1. The molecule has 0 aromatic heterocycles. The van der Waals surface area contributed by atoms with Crippen LogP contribution in [-0.2, 0) is 9.53 Å². The van der Waals surface area contributed by atoms with Crippen molar-refractivity contribution in [2.24, 2.45) is 52.1 Å². The van der Waals surface area contributed by atoms with Gasteiger partial charge in [-0.05, 0) is 150 Å². The van der Waals surface area contributed by atoms with Gasteiger partial charge in [0.15, 0.2) is 0 Å². The Morgan fingerprint density at radius 1 is 0.974 bits per heavy atom. The van der Waals surface area contributed by atoms with Crippen molar-refractivity contribution in [1.29, 1.82) is 0 Å². The minimum atomic E-state index is -0.159. The minimum Gasteiger partial charge on any atom is -0.469 e. The number of unbranched alkanes of at least 4 members (excludes halogenated alkanes) is 1. The zero-order valence-corrected chi connectivity index (χ0v) is 25.0. The summed E-state index contributed by atoms with van der Waals surface area (Å²) in [5.74, 6) is 3.76. The second-order valence-corrected chi connectivity index (χ2v) is 14.1. The standard InChI is InChI=1S/C32H59N3O3/c1-22(8-11-30(37)38-4)25-9-10-26-24-21-29(36)28-20-23(35-19-7-18-34-17-6-5-16-33)12-14-32(28,3)27(24)13-15-31(25,26)2/h22-29,34-36H,5-21,33H2,1-4H3/t22?,23-,24?,25+,26?,27?,28+,29+,31+,32+/m0/s1. The first kappa shape index (κ1) is 30.3. The number of rotatable bonds is 13. The van der Waals surface area contributed by atoms with Gasteiger partial charge in [0, 0.05) is 12.5 Å². The Bertz CT molecular complexity index is 764. The fourth-order valence-corrected chi connectivity index (χ4v) is 10.1. The number of aliphatic hydroxyl groups excluding tert-OH is 1. The molecule has 220 valence electrons. The number of carbonyl (C=O) groups excluding carboxylic acids is 1. The van der Waals surface area contributed by atoms with E-state index < -0.39 is 0 Å². The van der Waals surface area contributed by atoms with Crippen molar-refractivity contribution >= 4 is 5.97 Å². The lowest BCUT2D eigenvalue weighted by Crippen LogP contribution is -2.59. The minimum absolute atomic E-state index is 0.0743. The van der Waals surface area contributed by atoms with Gasteiger partial charge in [0.2, 0.25) is 0 Å². The quantitative estimate of drug-likeness (QED) is 0.199. The van der Waals surface area contributed by atoms with Crippen molar-refractivity contribution in [2.75, 3.05) is 33.3 Å². The smallest absolute Gasteiger partial charge is 0.305 e. The van der Waals surface area contributed by atoms with Gasteiger partial charge < -0.3 is 26.2 Å². The topological polar surface area (TPSA) is 96.6 Å². The van der Waals surface area contributed by atoms with E-state index in [0.29, 0.717) is 41.5 Å². The number of fused-ring (bicyclic) bond motifs is 5. The second kappa shape index (κ2) is 13.3. The molecule has 10 atom stereocenters. The van der Waals surface area contributed by atoms with Crippen LogP contribution >= 0.6 is 0 Å². The highest BCUT2D eigenvalue weighted by molar-refractivity contribution is 5.69. The number of ether oxygens (including phenoxy) is 1. The lowest BCUT2D eigenvalue weighted by molar-refractivity contribution is -0.162. The van der Waals surface area contributed by atoms with E-state index in [-0.39, 0.29) is 17.5 Å². The van der Waals surface area contributed by atoms with Crippen molar-refractivity contribution in [3.63, 3.8) is 0 Å². The van der Waals surface area contributed by atoms with Gasteiger partial charge in [-0.1, -0.05) is 20.8 Å². The summed E-state index contributed by atoms with van der Waals surface area (Å²) in [6.45, 7) is 11.5. The molecule has 0 spiro atoms. The summed E-state index contributed by atoms with van der Waals surface area (Å²) < 4.78 is 4.92. The molecule has 0 aromatic carbocycles. The van der Waals surface area contributed by atoms with Gasteiger partial charge >= 0.3 is 5.97 Å². The van der Waals surface area contributed by atoms with E-state index in [2.05, 4.69) is 31.4 Å². The number of carbonyl (C=O) groups is 1. The molecule has 4 fully saturated rings. The molecule has 0 saturated heterocycles. The maximum absolute atomic E-state index is 11.8. The van der Waals surface area contributed by atoms with Crippen LogP contribution in [0.15, 0.2) is 0 Å². The van der Waals surface area contributed by atoms with Crippen LogP contribution in [0.25, 0.3) is 0 Å². The highest BCUT2D eigenvalue weighted by atomic mass is 16.5. The molecule has 4 saturated carbocycles. The van der Waals surface area contributed by atoms with Gasteiger partial charge in [0.25, 0.3) is 0 Å². The van der Waals surface area contributed by atoms with Gasteiger partial charge in [-0.25, -0.2) is 0 Å². The van der Waals surface area contributed by atoms with E-state index in [4.69, 9.17) is 10.5 Å². The van der Waals surface area contributed by atoms with Gasteiger partial charge in [-0.15, -0.1) is 0 Å². The molecule has 0 aromatic rings. The molecule has 6 nitrogen and oxygen atoms in total. The average molecular weight is 534 g/mol. The Morgan fingerprint density at radius 3 is 2.47 bits per heavy atom. The summed E-state index contributed by atoms with van der Waals surface area (Å²) in [6, 6.07) is 0.553. The molecular weight excluding hydrogens is 474 g/mol. The molecule has 0 heterocycles. The van der Waals surface area contributed by atoms with E-state index >= 15 is 0 Å². The van der Waals surface area contributed by atoms with Gasteiger partial charge in [0.05, 0.1) is 13.2 Å². The predicted octanol–water partition coefficient (Wildman–Crippen LogP) is 4.88. The largest absolute Gasteiger partial charge is 0.469 e. The highest BCUT2D eigenvalue weighted by Gasteiger charge is 2.62. The monoisotopic (exact) mass is 533 g/mol. The third kappa shape index (κ3) is 6.29. The summed E-state index contributed by atoms with van der Waals surface area (Å²) in [5, 5.41) is 19.0. The zero-order valence-electron chi connectivity index (χ0n) is 25.0. The molecule has 0 radical (unpaired) electrons. The molecule has 4 rings (SSSR count). The van der Waals surface area contributed by atoms with Crippen molar-refractivity contribution < 1.29 is 14.6 Å². The first-order chi connectivity index (χ1) is 18.2. The number of hydrogen-bond donors (Lipinski definition) is 4. The SMILES string of the molecule is COC(=O)CCC(C)[C@H]1CCC2C3C[C@@H](O)[C@H]4C[C@@H](NCCCNCCCCN)CC[C@]4(C)C3CC[C@@]21C. The van der Waals surface area contributed by atoms with Crippen LogP contribution in [0.1, 0.15) is 104 Å². The van der Waals surface area contributed by atoms with E-state index in [1.165, 1.54) is 52.1 Å². The Labute approximate surface area is 233 Å². The van der Waals surface area contributed by atoms with Crippen molar-refractivity contribution in [1.82, 2.24) is 10.6 Å². The van der Waals surface area contributed by atoms with E-state index in [9.17, 15) is 9.90 Å². The third-order valence-electron chi connectivity index (χ3n) is 12.2. The molecule has 4 aliphatic rings. The maximum Gasteiger partial charge on any atom is 0.305 e. The number of esters is 1. The molecule has 4 aliphatic carbocycles. The van der Waals surface area contributed by atoms with E-state index in [1.807, 2.05) is 0 Å². The first-order valence-corrected chi connectivity index (χ1v) is 16.1. The molecule has 4 unspecified atom stereocenters. The van der Waals surface area contributed by atoms with Gasteiger partial charge in [0.1, 0.15) is 0 Å². The van der Waals surface area contributed by atoms with Crippen LogP contribution in [0.4, 0.5) is 0 Å². The fourth-order valence-electron chi connectivity index (χ4n) is 10.1. The third-order valence-corrected chi connectivity index (χ3v) is 12.2. The molecule has 38 heavy (non-hydrogen) atoms. The van der Waals surface area contributed by atoms with Crippen LogP contribution in [0.2, 0.25) is 0 Å². The van der Waals surface area contributed by atoms with E-state index in [1.54, 1.807) is 0 Å². The summed E-state index contributed by atoms with van der Waals surface area (Å²) >= 11 is 0.